The number of rotatable bonds is 5. The third-order valence-corrected chi connectivity index (χ3v) is 6.54. The van der Waals surface area contributed by atoms with Gasteiger partial charge < -0.3 is 24.2 Å². The summed E-state index contributed by atoms with van der Waals surface area (Å²) in [5.74, 6) is -1.20. The summed E-state index contributed by atoms with van der Waals surface area (Å²) in [7, 11) is 2.54. The minimum absolute atomic E-state index is 0.0767. The fourth-order valence-corrected chi connectivity index (χ4v) is 4.60. The molecule has 0 atom stereocenters. The first-order valence-corrected chi connectivity index (χ1v) is 11.6. The molecule has 8 nitrogen and oxygen atoms in total. The highest BCUT2D eigenvalue weighted by molar-refractivity contribution is 7.12. The van der Waals surface area contributed by atoms with Crippen LogP contribution in [0.1, 0.15) is 9.67 Å². The Balaban J connectivity index is 1.51. The summed E-state index contributed by atoms with van der Waals surface area (Å²) in [6.07, 6.45) is 6.62. The molecule has 2 aliphatic heterocycles. The number of methoxy groups -OCH3 is 2. The molecule has 0 aliphatic carbocycles. The molecule has 1 fully saturated rings. The normalized spacial score (nSPS) is 15.9. The standard InChI is InChI=1S/C25H25N3O5S/c1-32-24(30)20-6-3-4-12-28(22(20)25(31)33-2)19-10-8-18(9-11-19)26-13-15-27(16-14-26)23(29)21-7-5-17-34-21/h3-12,17H,13-16H2,1-2H3. The van der Waals surface area contributed by atoms with Crippen molar-refractivity contribution in [2.45, 2.75) is 0 Å². The van der Waals surface area contributed by atoms with Crippen LogP contribution in [0.5, 0.6) is 0 Å². The molecule has 4 rings (SSSR count). The third-order valence-electron chi connectivity index (χ3n) is 5.68. The molecule has 3 heterocycles. The molecular weight excluding hydrogens is 454 g/mol. The van der Waals surface area contributed by atoms with Crippen LogP contribution in [0.2, 0.25) is 0 Å². The Morgan fingerprint density at radius 1 is 0.853 bits per heavy atom. The zero-order valence-corrected chi connectivity index (χ0v) is 19.8. The zero-order chi connectivity index (χ0) is 24.1. The van der Waals surface area contributed by atoms with Gasteiger partial charge in [0, 0.05) is 43.8 Å². The molecule has 0 N–H and O–H groups in total. The second-order valence-corrected chi connectivity index (χ2v) is 8.54. The van der Waals surface area contributed by atoms with Gasteiger partial charge in [-0.25, -0.2) is 9.59 Å². The van der Waals surface area contributed by atoms with Crippen molar-refractivity contribution in [3.05, 3.63) is 82.4 Å². The number of nitrogens with zero attached hydrogens (tertiary/aromatic N) is 3. The number of carbonyl (C=O) groups excluding carboxylic acids is 3. The largest absolute Gasteiger partial charge is 0.465 e. The molecule has 0 radical (unpaired) electrons. The second-order valence-electron chi connectivity index (χ2n) is 7.59. The first kappa shape index (κ1) is 23.3. The van der Waals surface area contributed by atoms with E-state index in [4.69, 9.17) is 9.47 Å². The van der Waals surface area contributed by atoms with Crippen LogP contribution in [0.4, 0.5) is 11.4 Å². The van der Waals surface area contributed by atoms with Crippen molar-refractivity contribution < 1.29 is 23.9 Å². The highest BCUT2D eigenvalue weighted by Gasteiger charge is 2.28. The van der Waals surface area contributed by atoms with E-state index in [9.17, 15) is 14.4 Å². The van der Waals surface area contributed by atoms with E-state index in [1.54, 1.807) is 23.3 Å². The number of esters is 2. The Morgan fingerprint density at radius 3 is 2.15 bits per heavy atom. The number of ether oxygens (including phenoxy) is 2. The van der Waals surface area contributed by atoms with E-state index in [1.807, 2.05) is 46.7 Å². The van der Waals surface area contributed by atoms with E-state index in [-0.39, 0.29) is 17.2 Å². The Hall–Kier alpha value is -3.85. The first-order valence-electron chi connectivity index (χ1n) is 10.8. The van der Waals surface area contributed by atoms with Gasteiger partial charge in [0.1, 0.15) is 5.70 Å². The fraction of sp³-hybridized carbons (Fsp3) is 0.240. The minimum Gasteiger partial charge on any atom is -0.465 e. The minimum atomic E-state index is -0.646. The molecule has 0 saturated carbocycles. The highest BCUT2D eigenvalue weighted by Crippen LogP contribution is 2.29. The predicted molar refractivity (Wildman–Crippen MR) is 131 cm³/mol. The smallest absolute Gasteiger partial charge is 0.355 e. The van der Waals surface area contributed by atoms with E-state index < -0.39 is 11.9 Å². The lowest BCUT2D eigenvalue weighted by atomic mass is 10.1. The van der Waals surface area contributed by atoms with Gasteiger partial charge in [-0.05, 0) is 47.9 Å². The quantitative estimate of drug-likeness (QED) is 0.610. The van der Waals surface area contributed by atoms with E-state index >= 15 is 0 Å². The molecule has 0 unspecified atom stereocenters. The molecule has 1 aromatic carbocycles. The molecule has 1 aromatic heterocycles. The molecule has 176 valence electrons. The fourth-order valence-electron chi connectivity index (χ4n) is 3.91. The number of hydrogen-bond acceptors (Lipinski definition) is 8. The SMILES string of the molecule is COC(=O)C1=C(C(=O)OC)N(c2ccc(N3CCN(C(=O)c4cccs4)CC3)cc2)C=CC=C1. The molecule has 1 amide bonds. The Kier molecular flexibility index (Phi) is 7.12. The van der Waals surface area contributed by atoms with E-state index in [0.717, 1.165) is 23.7 Å². The van der Waals surface area contributed by atoms with Crippen molar-refractivity contribution in [3.8, 4) is 0 Å². The number of amides is 1. The zero-order valence-electron chi connectivity index (χ0n) is 19.0. The van der Waals surface area contributed by atoms with Gasteiger partial charge in [-0.3, -0.25) is 4.79 Å². The van der Waals surface area contributed by atoms with Crippen molar-refractivity contribution in [1.82, 2.24) is 4.90 Å². The number of thiophene rings is 1. The van der Waals surface area contributed by atoms with Gasteiger partial charge in [-0.1, -0.05) is 12.1 Å². The Bertz CT molecular complexity index is 1140. The number of anilines is 2. The van der Waals surface area contributed by atoms with Crippen molar-refractivity contribution in [2.75, 3.05) is 50.2 Å². The van der Waals surface area contributed by atoms with Crippen LogP contribution < -0.4 is 9.80 Å². The molecule has 9 heteroatoms. The van der Waals surface area contributed by atoms with Gasteiger partial charge >= 0.3 is 11.9 Å². The molecule has 0 spiro atoms. The summed E-state index contributed by atoms with van der Waals surface area (Å²) in [6.45, 7) is 2.75. The summed E-state index contributed by atoms with van der Waals surface area (Å²) in [5, 5.41) is 1.91. The summed E-state index contributed by atoms with van der Waals surface area (Å²) in [4.78, 5) is 44.0. The highest BCUT2D eigenvalue weighted by atomic mass is 32.1. The molecular formula is C25H25N3O5S. The first-order chi connectivity index (χ1) is 16.5. The van der Waals surface area contributed by atoms with Gasteiger partial charge in [0.2, 0.25) is 0 Å². The van der Waals surface area contributed by atoms with E-state index in [0.29, 0.717) is 18.8 Å². The van der Waals surface area contributed by atoms with Gasteiger partial charge in [0.15, 0.2) is 0 Å². The number of carbonyl (C=O) groups is 3. The van der Waals surface area contributed by atoms with Crippen molar-refractivity contribution >= 4 is 40.6 Å². The lowest BCUT2D eigenvalue weighted by molar-refractivity contribution is -0.139. The van der Waals surface area contributed by atoms with Crippen LogP contribution in [0, 0.1) is 0 Å². The van der Waals surface area contributed by atoms with Gasteiger partial charge in [0.25, 0.3) is 5.91 Å². The van der Waals surface area contributed by atoms with Crippen molar-refractivity contribution in [3.63, 3.8) is 0 Å². The molecule has 2 aliphatic rings. The average Bonchev–Trinajstić information content (AvgIpc) is 3.34. The topological polar surface area (TPSA) is 79.4 Å². The van der Waals surface area contributed by atoms with E-state index in [2.05, 4.69) is 4.90 Å². The van der Waals surface area contributed by atoms with Gasteiger partial charge in [0.05, 0.1) is 24.7 Å². The maximum Gasteiger partial charge on any atom is 0.355 e. The van der Waals surface area contributed by atoms with Crippen LogP contribution in [0.25, 0.3) is 0 Å². The molecule has 34 heavy (non-hydrogen) atoms. The number of piperazine rings is 1. The molecule has 1 saturated heterocycles. The number of benzene rings is 1. The summed E-state index contributed by atoms with van der Waals surface area (Å²) < 4.78 is 9.80. The third kappa shape index (κ3) is 4.74. The Morgan fingerprint density at radius 2 is 1.53 bits per heavy atom. The number of allylic oxidation sites excluding steroid dienone is 2. The summed E-state index contributed by atoms with van der Waals surface area (Å²) >= 11 is 1.46. The monoisotopic (exact) mass is 479 g/mol. The van der Waals surface area contributed by atoms with Crippen LogP contribution in [0.3, 0.4) is 0 Å². The van der Waals surface area contributed by atoms with Gasteiger partial charge in [-0.2, -0.15) is 0 Å². The Labute approximate surface area is 202 Å². The lowest BCUT2D eigenvalue weighted by Crippen LogP contribution is -2.48. The number of hydrogen-bond donors (Lipinski definition) is 0. The molecule has 2 aromatic rings. The van der Waals surface area contributed by atoms with Crippen LogP contribution in [-0.2, 0) is 19.1 Å². The van der Waals surface area contributed by atoms with Crippen LogP contribution in [-0.4, -0.2) is 63.1 Å². The molecule has 0 bridgehead atoms. The maximum absolute atomic E-state index is 12.6. The second kappa shape index (κ2) is 10.4. The van der Waals surface area contributed by atoms with Crippen molar-refractivity contribution in [1.29, 1.82) is 0 Å². The van der Waals surface area contributed by atoms with E-state index in [1.165, 1.54) is 31.6 Å². The average molecular weight is 480 g/mol. The predicted octanol–water partition coefficient (Wildman–Crippen LogP) is 3.20. The summed E-state index contributed by atoms with van der Waals surface area (Å²) in [5.41, 5.74) is 1.89. The van der Waals surface area contributed by atoms with Crippen LogP contribution >= 0.6 is 11.3 Å². The summed E-state index contributed by atoms with van der Waals surface area (Å²) in [6, 6.07) is 11.4. The van der Waals surface area contributed by atoms with Crippen LogP contribution in [0.15, 0.2) is 77.5 Å². The van der Waals surface area contributed by atoms with Gasteiger partial charge in [-0.15, -0.1) is 11.3 Å². The maximum atomic E-state index is 12.6. The lowest BCUT2D eigenvalue weighted by Gasteiger charge is -2.36. The van der Waals surface area contributed by atoms with Crippen molar-refractivity contribution in [2.24, 2.45) is 0 Å².